The second-order valence-corrected chi connectivity index (χ2v) is 5.32. The molecule has 0 aliphatic carbocycles. The lowest BCUT2D eigenvalue weighted by molar-refractivity contribution is -0.121. The van der Waals surface area contributed by atoms with Crippen LogP contribution in [0.1, 0.15) is 30.6 Å². The molecule has 0 atom stereocenters. The van der Waals surface area contributed by atoms with E-state index in [-0.39, 0.29) is 30.3 Å². The molecule has 0 aromatic heterocycles. The van der Waals surface area contributed by atoms with Gasteiger partial charge in [-0.05, 0) is 18.1 Å². The first kappa shape index (κ1) is 16.3. The third-order valence-corrected chi connectivity index (χ3v) is 2.93. The number of hydrogen-bond donors (Lipinski definition) is 3. The first-order valence-electron chi connectivity index (χ1n) is 6.50. The molecule has 0 bridgehead atoms. The number of hydrogen-bond acceptors (Lipinski definition) is 3. The average Bonchev–Trinajstić information content (AvgIpc) is 2.36. The van der Waals surface area contributed by atoms with Gasteiger partial charge in [0.15, 0.2) is 0 Å². The molecule has 20 heavy (non-hydrogen) atoms. The molecule has 1 aromatic carbocycles. The van der Waals surface area contributed by atoms with Gasteiger partial charge in [-0.25, -0.2) is 0 Å². The zero-order valence-corrected chi connectivity index (χ0v) is 12.5. The van der Waals surface area contributed by atoms with Crippen molar-refractivity contribution in [1.29, 1.82) is 0 Å². The molecule has 0 aliphatic heterocycles. The van der Waals surface area contributed by atoms with Crippen LogP contribution < -0.4 is 16.4 Å². The van der Waals surface area contributed by atoms with Gasteiger partial charge in [0.2, 0.25) is 5.91 Å². The van der Waals surface area contributed by atoms with Crippen LogP contribution >= 0.6 is 11.6 Å². The van der Waals surface area contributed by atoms with E-state index in [0.29, 0.717) is 23.2 Å². The van der Waals surface area contributed by atoms with Crippen molar-refractivity contribution >= 4 is 29.1 Å². The van der Waals surface area contributed by atoms with E-state index in [1.807, 2.05) is 13.8 Å². The van der Waals surface area contributed by atoms with Gasteiger partial charge in [-0.1, -0.05) is 31.5 Å². The van der Waals surface area contributed by atoms with Crippen molar-refractivity contribution in [3.05, 3.63) is 28.8 Å². The van der Waals surface area contributed by atoms with Crippen LogP contribution in [0.3, 0.4) is 0 Å². The molecule has 0 unspecified atom stereocenters. The number of nitrogens with two attached hydrogens (primary N) is 1. The van der Waals surface area contributed by atoms with Gasteiger partial charge < -0.3 is 16.4 Å². The lowest BCUT2D eigenvalue weighted by Crippen LogP contribution is -2.32. The average molecular weight is 298 g/mol. The molecule has 0 fully saturated rings. The van der Waals surface area contributed by atoms with E-state index in [1.54, 1.807) is 18.2 Å². The van der Waals surface area contributed by atoms with E-state index in [0.717, 1.165) is 0 Å². The second kappa shape index (κ2) is 7.75. The molecule has 4 N–H and O–H groups in total. The van der Waals surface area contributed by atoms with E-state index in [9.17, 15) is 9.59 Å². The van der Waals surface area contributed by atoms with Crippen molar-refractivity contribution < 1.29 is 9.59 Å². The lowest BCUT2D eigenvalue weighted by atomic mass is 10.1. The maximum Gasteiger partial charge on any atom is 0.254 e. The second-order valence-electron chi connectivity index (χ2n) is 4.91. The summed E-state index contributed by atoms with van der Waals surface area (Å²) < 4.78 is 0. The fraction of sp³-hybridized carbons (Fsp3) is 0.429. The number of carbonyl (C=O) groups is 2. The van der Waals surface area contributed by atoms with Gasteiger partial charge >= 0.3 is 0 Å². The third kappa shape index (κ3) is 5.09. The Kier molecular flexibility index (Phi) is 6.31. The van der Waals surface area contributed by atoms with Gasteiger partial charge in [-0.2, -0.15) is 0 Å². The van der Waals surface area contributed by atoms with Gasteiger partial charge in [0.05, 0.1) is 10.6 Å². The summed E-state index contributed by atoms with van der Waals surface area (Å²) >= 11 is 5.93. The number of halogens is 1. The summed E-state index contributed by atoms with van der Waals surface area (Å²) in [7, 11) is 0. The van der Waals surface area contributed by atoms with Crippen molar-refractivity contribution in [3.63, 3.8) is 0 Å². The fourth-order valence-electron chi connectivity index (χ4n) is 1.56. The molecule has 0 spiro atoms. The highest BCUT2D eigenvalue weighted by Gasteiger charge is 2.13. The molecule has 5 nitrogen and oxygen atoms in total. The molecule has 110 valence electrons. The van der Waals surface area contributed by atoms with Crippen LogP contribution in [0.2, 0.25) is 5.02 Å². The summed E-state index contributed by atoms with van der Waals surface area (Å²) in [5, 5.41) is 5.71. The van der Waals surface area contributed by atoms with Gasteiger partial charge in [0, 0.05) is 25.2 Å². The number of carbonyl (C=O) groups excluding carboxylic acids is 2. The standard InChI is InChI=1S/C14H20ClN3O2/c1-9(2)8-18-12(19)6-7-17-14(20)13-10(15)4-3-5-11(13)16/h3-5,9H,6-8,16H2,1-2H3,(H,17,20)(H,18,19). The Labute approximate surface area is 123 Å². The number of anilines is 1. The van der Waals surface area contributed by atoms with Crippen LogP contribution in [0.25, 0.3) is 0 Å². The number of benzene rings is 1. The van der Waals surface area contributed by atoms with E-state index >= 15 is 0 Å². The predicted molar refractivity (Wildman–Crippen MR) is 80.7 cm³/mol. The Bertz CT molecular complexity index is 469. The largest absolute Gasteiger partial charge is 0.398 e. The molecule has 1 aromatic rings. The number of nitrogens with one attached hydrogen (secondary N) is 2. The molecule has 2 amide bonds. The summed E-state index contributed by atoms with van der Waals surface area (Å²) in [6, 6.07) is 4.88. The molecule has 1 rings (SSSR count). The highest BCUT2D eigenvalue weighted by atomic mass is 35.5. The summed E-state index contributed by atoms with van der Waals surface area (Å²) in [5.74, 6) is -0.0626. The smallest absolute Gasteiger partial charge is 0.254 e. The first-order chi connectivity index (χ1) is 9.41. The summed E-state index contributed by atoms with van der Waals surface area (Å²) in [4.78, 5) is 23.4. The maximum absolute atomic E-state index is 11.9. The zero-order chi connectivity index (χ0) is 15.1. The number of amides is 2. The molecular formula is C14H20ClN3O2. The Morgan fingerprint density at radius 3 is 2.60 bits per heavy atom. The van der Waals surface area contributed by atoms with Crippen molar-refractivity contribution in [2.24, 2.45) is 5.92 Å². The maximum atomic E-state index is 11.9. The molecule has 6 heteroatoms. The number of rotatable bonds is 6. The van der Waals surface area contributed by atoms with Crippen LogP contribution in [-0.2, 0) is 4.79 Å². The SMILES string of the molecule is CC(C)CNC(=O)CCNC(=O)c1c(N)cccc1Cl. The highest BCUT2D eigenvalue weighted by molar-refractivity contribution is 6.34. The van der Waals surface area contributed by atoms with Gasteiger partial charge in [0.25, 0.3) is 5.91 Å². The summed E-state index contributed by atoms with van der Waals surface area (Å²) in [6.45, 7) is 4.90. The van der Waals surface area contributed by atoms with Crippen molar-refractivity contribution in [2.75, 3.05) is 18.8 Å². The Morgan fingerprint density at radius 2 is 2.00 bits per heavy atom. The normalized spacial score (nSPS) is 10.4. The van der Waals surface area contributed by atoms with Crippen molar-refractivity contribution in [2.45, 2.75) is 20.3 Å². The lowest BCUT2D eigenvalue weighted by Gasteiger charge is -2.10. The third-order valence-electron chi connectivity index (χ3n) is 2.62. The van der Waals surface area contributed by atoms with E-state index in [1.165, 1.54) is 0 Å². The van der Waals surface area contributed by atoms with Crippen LogP contribution in [0.4, 0.5) is 5.69 Å². The van der Waals surface area contributed by atoms with Crippen LogP contribution in [0, 0.1) is 5.92 Å². The molecule has 0 saturated heterocycles. The quantitative estimate of drug-likeness (QED) is 0.700. The van der Waals surface area contributed by atoms with Crippen molar-refractivity contribution in [3.8, 4) is 0 Å². The summed E-state index contributed by atoms with van der Waals surface area (Å²) in [5.41, 5.74) is 6.28. The van der Waals surface area contributed by atoms with Crippen LogP contribution in [-0.4, -0.2) is 24.9 Å². The Balaban J connectivity index is 2.42. The zero-order valence-electron chi connectivity index (χ0n) is 11.7. The highest BCUT2D eigenvalue weighted by Crippen LogP contribution is 2.21. The van der Waals surface area contributed by atoms with Crippen LogP contribution in [0.15, 0.2) is 18.2 Å². The minimum absolute atomic E-state index is 0.0915. The molecule has 0 heterocycles. The van der Waals surface area contributed by atoms with Gasteiger partial charge in [-0.3, -0.25) is 9.59 Å². The van der Waals surface area contributed by atoms with E-state index in [4.69, 9.17) is 17.3 Å². The Morgan fingerprint density at radius 1 is 1.30 bits per heavy atom. The van der Waals surface area contributed by atoms with Crippen LogP contribution in [0.5, 0.6) is 0 Å². The number of nitrogen functional groups attached to an aromatic ring is 1. The Hall–Kier alpha value is -1.75. The van der Waals surface area contributed by atoms with E-state index in [2.05, 4.69) is 10.6 Å². The topological polar surface area (TPSA) is 84.2 Å². The molecule has 0 radical (unpaired) electrons. The van der Waals surface area contributed by atoms with Gasteiger partial charge in [-0.15, -0.1) is 0 Å². The molecule has 0 aliphatic rings. The van der Waals surface area contributed by atoms with Crippen molar-refractivity contribution in [1.82, 2.24) is 10.6 Å². The fourth-order valence-corrected chi connectivity index (χ4v) is 1.83. The first-order valence-corrected chi connectivity index (χ1v) is 6.88. The molecule has 0 saturated carbocycles. The van der Waals surface area contributed by atoms with Gasteiger partial charge in [0.1, 0.15) is 0 Å². The monoisotopic (exact) mass is 297 g/mol. The minimum atomic E-state index is -0.371. The predicted octanol–water partition coefficient (Wildman–Crippen LogP) is 1.81. The van der Waals surface area contributed by atoms with E-state index < -0.39 is 0 Å². The minimum Gasteiger partial charge on any atom is -0.398 e. The molecular weight excluding hydrogens is 278 g/mol. The summed E-state index contributed by atoms with van der Waals surface area (Å²) in [6.07, 6.45) is 0.225.